The van der Waals surface area contributed by atoms with Gasteiger partial charge in [-0.05, 0) is 12.8 Å². The minimum absolute atomic E-state index is 0.0879. The molecule has 2 heteroatoms. The Morgan fingerprint density at radius 3 is 2.18 bits per heavy atom. The summed E-state index contributed by atoms with van der Waals surface area (Å²) in [6, 6.07) is 0. The van der Waals surface area contributed by atoms with Crippen molar-refractivity contribution in [2.45, 2.75) is 33.6 Å². The van der Waals surface area contributed by atoms with Crippen molar-refractivity contribution < 1.29 is 4.79 Å². The minimum atomic E-state index is 0.0879. The lowest BCUT2D eigenvalue weighted by Gasteiger charge is -2.14. The molecule has 0 saturated heterocycles. The first kappa shape index (κ1) is 10.6. The summed E-state index contributed by atoms with van der Waals surface area (Å²) < 4.78 is 0. The van der Waals surface area contributed by atoms with Gasteiger partial charge in [0.25, 0.3) is 0 Å². The molecule has 0 radical (unpaired) electrons. The molecule has 66 valence electrons. The van der Waals surface area contributed by atoms with E-state index >= 15 is 0 Å². The van der Waals surface area contributed by atoms with E-state index in [1.807, 2.05) is 20.8 Å². The van der Waals surface area contributed by atoms with Crippen molar-refractivity contribution in [1.29, 1.82) is 0 Å². The van der Waals surface area contributed by atoms with Crippen LogP contribution in [0.2, 0.25) is 0 Å². The van der Waals surface area contributed by atoms with Crippen LogP contribution in [-0.4, -0.2) is 12.3 Å². The highest BCUT2D eigenvalue weighted by Crippen LogP contribution is 2.12. The molecule has 0 bridgehead atoms. The molecule has 0 aliphatic carbocycles. The molecule has 0 aromatic rings. The lowest BCUT2D eigenvalue weighted by molar-refractivity contribution is -0.126. The van der Waals surface area contributed by atoms with Crippen molar-refractivity contribution in [3.8, 4) is 0 Å². The summed E-state index contributed by atoms with van der Waals surface area (Å²) in [5.41, 5.74) is 5.46. The highest BCUT2D eigenvalue weighted by Gasteiger charge is 2.19. The lowest BCUT2D eigenvalue weighted by atomic mass is 9.91. The van der Waals surface area contributed by atoms with E-state index in [1.54, 1.807) is 0 Å². The quantitative estimate of drug-likeness (QED) is 0.658. The molecule has 0 spiro atoms. The van der Waals surface area contributed by atoms with Gasteiger partial charge in [0.2, 0.25) is 0 Å². The summed E-state index contributed by atoms with van der Waals surface area (Å²) in [4.78, 5) is 11.5. The van der Waals surface area contributed by atoms with Crippen molar-refractivity contribution >= 4 is 5.78 Å². The molecule has 0 aromatic carbocycles. The topological polar surface area (TPSA) is 43.1 Å². The molecule has 0 rings (SSSR count). The first-order valence-corrected chi connectivity index (χ1v) is 4.41. The Morgan fingerprint density at radius 2 is 1.91 bits per heavy atom. The molecule has 0 aliphatic heterocycles. The zero-order valence-corrected chi connectivity index (χ0v) is 7.76. The maximum absolute atomic E-state index is 11.5. The van der Waals surface area contributed by atoms with E-state index in [2.05, 4.69) is 0 Å². The number of ketones is 1. The van der Waals surface area contributed by atoms with E-state index in [-0.39, 0.29) is 11.8 Å². The van der Waals surface area contributed by atoms with E-state index in [9.17, 15) is 4.79 Å². The van der Waals surface area contributed by atoms with Crippen LogP contribution in [0, 0.1) is 11.8 Å². The van der Waals surface area contributed by atoms with Gasteiger partial charge in [-0.2, -0.15) is 0 Å². The van der Waals surface area contributed by atoms with E-state index in [0.717, 1.165) is 12.8 Å². The summed E-state index contributed by atoms with van der Waals surface area (Å²) in [7, 11) is 0. The number of carbonyl (C=O) groups is 1. The summed E-state index contributed by atoms with van der Waals surface area (Å²) in [5.74, 6) is 0.603. The second kappa shape index (κ2) is 5.30. The van der Waals surface area contributed by atoms with Crippen LogP contribution in [0.3, 0.4) is 0 Å². The number of carbonyl (C=O) groups excluding carboxylic acids is 1. The van der Waals surface area contributed by atoms with Gasteiger partial charge in [-0.25, -0.2) is 0 Å². The molecule has 2 N–H and O–H groups in total. The van der Waals surface area contributed by atoms with E-state index in [0.29, 0.717) is 12.3 Å². The fraction of sp³-hybridized carbons (Fsp3) is 0.889. The summed E-state index contributed by atoms with van der Waals surface area (Å²) in [5, 5.41) is 0. The number of hydrogen-bond donors (Lipinski definition) is 1. The predicted octanol–water partition coefficient (Wildman–Crippen LogP) is 1.59. The predicted molar refractivity (Wildman–Crippen MR) is 47.3 cm³/mol. The van der Waals surface area contributed by atoms with Crippen LogP contribution in [-0.2, 0) is 4.79 Å². The maximum atomic E-state index is 11.5. The Hall–Kier alpha value is -0.370. The van der Waals surface area contributed by atoms with Gasteiger partial charge in [0.1, 0.15) is 5.78 Å². The zero-order chi connectivity index (χ0) is 8.85. The first-order chi connectivity index (χ1) is 5.17. The second-order valence-corrected chi connectivity index (χ2v) is 3.05. The third kappa shape index (κ3) is 3.02. The Morgan fingerprint density at radius 1 is 1.36 bits per heavy atom. The van der Waals surface area contributed by atoms with Gasteiger partial charge in [0.15, 0.2) is 0 Å². The molecule has 0 fully saturated rings. The Bertz CT molecular complexity index is 119. The Kier molecular flexibility index (Phi) is 5.12. The van der Waals surface area contributed by atoms with Gasteiger partial charge in [-0.1, -0.05) is 20.8 Å². The smallest absolute Gasteiger partial charge is 0.140 e. The maximum Gasteiger partial charge on any atom is 0.140 e. The molecule has 0 saturated carbocycles. The average molecular weight is 157 g/mol. The minimum Gasteiger partial charge on any atom is -0.330 e. The van der Waals surface area contributed by atoms with Crippen molar-refractivity contribution in [3.63, 3.8) is 0 Å². The molecular formula is C9H19NO. The summed E-state index contributed by atoms with van der Waals surface area (Å²) in [6.45, 7) is 6.52. The molecular weight excluding hydrogens is 138 g/mol. The summed E-state index contributed by atoms with van der Waals surface area (Å²) in [6.07, 6.45) is 1.80. The zero-order valence-electron chi connectivity index (χ0n) is 7.76. The fourth-order valence-corrected chi connectivity index (χ4v) is 1.09. The van der Waals surface area contributed by atoms with Crippen molar-refractivity contribution in [2.24, 2.45) is 17.6 Å². The lowest BCUT2D eigenvalue weighted by Crippen LogP contribution is -2.27. The molecule has 0 aliphatic rings. The van der Waals surface area contributed by atoms with Crippen LogP contribution in [0.5, 0.6) is 0 Å². The van der Waals surface area contributed by atoms with Crippen LogP contribution >= 0.6 is 0 Å². The standard InChI is InChI=1S/C9H19NO/c1-4-7(3)9(11)8(5-2)6-10/h7-8H,4-6,10H2,1-3H3. The third-order valence-corrected chi connectivity index (χ3v) is 2.28. The first-order valence-electron chi connectivity index (χ1n) is 4.41. The SMILES string of the molecule is CCC(C)C(=O)C(CC)CN. The average Bonchev–Trinajstić information content (AvgIpc) is 2.05. The van der Waals surface area contributed by atoms with Crippen LogP contribution in [0.1, 0.15) is 33.6 Å². The Labute approximate surface area is 69.2 Å². The van der Waals surface area contributed by atoms with Gasteiger partial charge in [0, 0.05) is 18.4 Å². The number of Topliss-reactive ketones (excluding diaryl/α,β-unsaturated/α-hetero) is 1. The van der Waals surface area contributed by atoms with Crippen molar-refractivity contribution in [1.82, 2.24) is 0 Å². The van der Waals surface area contributed by atoms with Gasteiger partial charge in [0.05, 0.1) is 0 Å². The number of nitrogens with two attached hydrogens (primary N) is 1. The van der Waals surface area contributed by atoms with Crippen LogP contribution in [0.4, 0.5) is 0 Å². The fourth-order valence-electron chi connectivity index (χ4n) is 1.09. The van der Waals surface area contributed by atoms with E-state index in [4.69, 9.17) is 5.73 Å². The van der Waals surface area contributed by atoms with Gasteiger partial charge in [-0.3, -0.25) is 4.79 Å². The Balaban J connectivity index is 3.97. The number of rotatable bonds is 5. The van der Waals surface area contributed by atoms with Crippen molar-refractivity contribution in [3.05, 3.63) is 0 Å². The molecule has 0 amide bonds. The highest BCUT2D eigenvalue weighted by atomic mass is 16.1. The highest BCUT2D eigenvalue weighted by molar-refractivity contribution is 5.83. The molecule has 2 unspecified atom stereocenters. The monoisotopic (exact) mass is 157 g/mol. The van der Waals surface area contributed by atoms with Gasteiger partial charge in [-0.15, -0.1) is 0 Å². The molecule has 2 nitrogen and oxygen atoms in total. The van der Waals surface area contributed by atoms with E-state index in [1.165, 1.54) is 0 Å². The van der Waals surface area contributed by atoms with Crippen LogP contribution < -0.4 is 5.73 Å². The third-order valence-electron chi connectivity index (χ3n) is 2.28. The van der Waals surface area contributed by atoms with Crippen LogP contribution in [0.25, 0.3) is 0 Å². The normalized spacial score (nSPS) is 16.0. The largest absolute Gasteiger partial charge is 0.330 e. The van der Waals surface area contributed by atoms with Crippen LogP contribution in [0.15, 0.2) is 0 Å². The molecule has 0 aromatic heterocycles. The number of hydrogen-bond acceptors (Lipinski definition) is 2. The van der Waals surface area contributed by atoms with Gasteiger partial charge < -0.3 is 5.73 Å². The second-order valence-electron chi connectivity index (χ2n) is 3.05. The molecule has 11 heavy (non-hydrogen) atoms. The molecule has 0 heterocycles. The van der Waals surface area contributed by atoms with E-state index < -0.39 is 0 Å². The summed E-state index contributed by atoms with van der Waals surface area (Å²) >= 11 is 0. The van der Waals surface area contributed by atoms with Crippen molar-refractivity contribution in [2.75, 3.05) is 6.54 Å². The molecule has 2 atom stereocenters. The van der Waals surface area contributed by atoms with Gasteiger partial charge >= 0.3 is 0 Å².